The van der Waals surface area contributed by atoms with Gasteiger partial charge in [-0.3, -0.25) is 4.79 Å². The Kier molecular flexibility index (Phi) is 4.58. The van der Waals surface area contributed by atoms with Crippen molar-refractivity contribution in [3.8, 4) is 0 Å². The van der Waals surface area contributed by atoms with Gasteiger partial charge in [-0.15, -0.1) is 0 Å². The Morgan fingerprint density at radius 3 is 2.87 bits per heavy atom. The van der Waals surface area contributed by atoms with Gasteiger partial charge >= 0.3 is 5.97 Å². The van der Waals surface area contributed by atoms with Gasteiger partial charge in [0.15, 0.2) is 0 Å². The molecule has 1 aliphatic carbocycles. The topological polar surface area (TPSA) is 52.3 Å². The molecule has 88 valence electrons. The van der Waals surface area contributed by atoms with E-state index < -0.39 is 5.54 Å². The Morgan fingerprint density at radius 1 is 1.53 bits per heavy atom. The number of ether oxygens (including phenoxy) is 1. The van der Waals surface area contributed by atoms with Crippen LogP contribution in [0.4, 0.5) is 0 Å². The second kappa shape index (κ2) is 5.50. The summed E-state index contributed by atoms with van der Waals surface area (Å²) in [4.78, 5) is 11.9. The Labute approximate surface area is 92.4 Å². The van der Waals surface area contributed by atoms with Gasteiger partial charge in [0.1, 0.15) is 5.54 Å². The fourth-order valence-electron chi connectivity index (χ4n) is 2.12. The summed E-state index contributed by atoms with van der Waals surface area (Å²) in [5, 5.41) is 0. The number of esters is 1. The number of hydrogen-bond acceptors (Lipinski definition) is 3. The highest BCUT2D eigenvalue weighted by Crippen LogP contribution is 2.32. The monoisotopic (exact) mass is 213 g/mol. The summed E-state index contributed by atoms with van der Waals surface area (Å²) in [7, 11) is 0. The van der Waals surface area contributed by atoms with Crippen LogP contribution in [-0.2, 0) is 9.53 Å². The van der Waals surface area contributed by atoms with Gasteiger partial charge in [-0.25, -0.2) is 0 Å². The molecule has 1 saturated carbocycles. The van der Waals surface area contributed by atoms with E-state index in [0.717, 1.165) is 32.1 Å². The summed E-state index contributed by atoms with van der Waals surface area (Å²) in [5.41, 5.74) is 5.44. The number of carbonyl (C=O) groups is 1. The van der Waals surface area contributed by atoms with Crippen LogP contribution >= 0.6 is 0 Å². The summed E-state index contributed by atoms with van der Waals surface area (Å²) in [6, 6.07) is 0. The molecule has 2 unspecified atom stereocenters. The van der Waals surface area contributed by atoms with Gasteiger partial charge < -0.3 is 10.5 Å². The van der Waals surface area contributed by atoms with E-state index in [-0.39, 0.29) is 11.9 Å². The van der Waals surface area contributed by atoms with Crippen LogP contribution in [0.5, 0.6) is 0 Å². The molecule has 0 amide bonds. The Bertz CT molecular complexity index is 218. The first-order valence-corrected chi connectivity index (χ1v) is 6.07. The van der Waals surface area contributed by atoms with Gasteiger partial charge in [0, 0.05) is 0 Å². The molecule has 0 bridgehead atoms. The van der Waals surface area contributed by atoms with Crippen molar-refractivity contribution in [2.24, 2.45) is 11.7 Å². The van der Waals surface area contributed by atoms with Crippen molar-refractivity contribution in [1.29, 1.82) is 0 Å². The van der Waals surface area contributed by atoms with E-state index in [1.807, 2.05) is 0 Å². The maximum Gasteiger partial charge on any atom is 0.326 e. The van der Waals surface area contributed by atoms with Crippen molar-refractivity contribution in [2.75, 3.05) is 6.61 Å². The van der Waals surface area contributed by atoms with Gasteiger partial charge in [-0.2, -0.15) is 0 Å². The molecule has 0 spiro atoms. The molecule has 1 fully saturated rings. The third kappa shape index (κ3) is 2.94. The zero-order valence-corrected chi connectivity index (χ0v) is 9.92. The van der Waals surface area contributed by atoms with Crippen LogP contribution in [0.2, 0.25) is 0 Å². The van der Waals surface area contributed by atoms with E-state index in [1.54, 1.807) is 0 Å². The predicted molar refractivity (Wildman–Crippen MR) is 60.4 cm³/mol. The number of nitrogens with two attached hydrogens (primary N) is 1. The minimum atomic E-state index is -0.716. The zero-order chi connectivity index (χ0) is 11.3. The average molecular weight is 213 g/mol. The van der Waals surface area contributed by atoms with Crippen LogP contribution in [-0.4, -0.2) is 18.1 Å². The highest BCUT2D eigenvalue weighted by atomic mass is 16.5. The van der Waals surface area contributed by atoms with Crippen molar-refractivity contribution in [1.82, 2.24) is 0 Å². The van der Waals surface area contributed by atoms with Crippen molar-refractivity contribution in [3.05, 3.63) is 0 Å². The largest absolute Gasteiger partial charge is 0.464 e. The van der Waals surface area contributed by atoms with E-state index in [0.29, 0.717) is 6.61 Å². The lowest BCUT2D eigenvalue weighted by Crippen LogP contribution is -2.55. The second-order valence-electron chi connectivity index (χ2n) is 4.68. The molecule has 2 atom stereocenters. The number of unbranched alkanes of at least 4 members (excludes halogenated alkanes) is 1. The first-order chi connectivity index (χ1) is 7.11. The Balaban J connectivity index is 2.47. The lowest BCUT2D eigenvalue weighted by molar-refractivity contribution is -0.153. The molecule has 15 heavy (non-hydrogen) atoms. The van der Waals surface area contributed by atoms with Crippen molar-refractivity contribution >= 4 is 5.97 Å². The van der Waals surface area contributed by atoms with E-state index in [4.69, 9.17) is 10.5 Å². The number of carbonyl (C=O) groups excluding carboxylic acids is 1. The molecule has 2 N–H and O–H groups in total. The van der Waals surface area contributed by atoms with Crippen LogP contribution in [0.25, 0.3) is 0 Å². The van der Waals surface area contributed by atoms with E-state index >= 15 is 0 Å². The van der Waals surface area contributed by atoms with Gasteiger partial charge in [0.25, 0.3) is 0 Å². The first-order valence-electron chi connectivity index (χ1n) is 6.07. The normalized spacial score (nSPS) is 31.3. The smallest absolute Gasteiger partial charge is 0.326 e. The summed E-state index contributed by atoms with van der Waals surface area (Å²) in [6.45, 7) is 4.65. The van der Waals surface area contributed by atoms with Gasteiger partial charge in [0.2, 0.25) is 0 Å². The van der Waals surface area contributed by atoms with E-state index in [1.165, 1.54) is 6.42 Å². The minimum absolute atomic E-state index is 0.192. The SMILES string of the molecule is CCCCOC(=O)C1(N)CCCCC1C. The second-order valence-corrected chi connectivity index (χ2v) is 4.68. The first kappa shape index (κ1) is 12.5. The molecule has 0 aromatic rings. The van der Waals surface area contributed by atoms with Crippen LogP contribution in [0.1, 0.15) is 52.4 Å². The molecule has 3 heteroatoms. The minimum Gasteiger partial charge on any atom is -0.464 e. The van der Waals surface area contributed by atoms with E-state index in [9.17, 15) is 4.79 Å². The lowest BCUT2D eigenvalue weighted by Gasteiger charge is -2.36. The van der Waals surface area contributed by atoms with Gasteiger partial charge in [-0.1, -0.05) is 33.1 Å². The van der Waals surface area contributed by atoms with Crippen molar-refractivity contribution in [3.63, 3.8) is 0 Å². The molecule has 0 aromatic carbocycles. The molecule has 0 radical (unpaired) electrons. The average Bonchev–Trinajstić information content (AvgIpc) is 2.23. The quantitative estimate of drug-likeness (QED) is 0.575. The molecule has 0 heterocycles. The summed E-state index contributed by atoms with van der Waals surface area (Å²) < 4.78 is 5.23. The van der Waals surface area contributed by atoms with Crippen LogP contribution in [0.3, 0.4) is 0 Å². The van der Waals surface area contributed by atoms with E-state index in [2.05, 4.69) is 13.8 Å². The highest BCUT2D eigenvalue weighted by Gasteiger charge is 2.42. The highest BCUT2D eigenvalue weighted by molar-refractivity contribution is 5.81. The molecule has 0 saturated heterocycles. The summed E-state index contributed by atoms with van der Waals surface area (Å²) in [5.74, 6) is 0.0588. The Morgan fingerprint density at radius 2 is 2.27 bits per heavy atom. The van der Waals surface area contributed by atoms with Crippen LogP contribution in [0.15, 0.2) is 0 Å². The van der Waals surface area contributed by atoms with Gasteiger partial charge in [0.05, 0.1) is 6.61 Å². The van der Waals surface area contributed by atoms with Gasteiger partial charge in [-0.05, 0) is 25.2 Å². The number of rotatable bonds is 4. The zero-order valence-electron chi connectivity index (χ0n) is 9.92. The van der Waals surface area contributed by atoms with Crippen molar-refractivity contribution < 1.29 is 9.53 Å². The van der Waals surface area contributed by atoms with Crippen LogP contribution < -0.4 is 5.73 Å². The molecular weight excluding hydrogens is 190 g/mol. The number of hydrogen-bond donors (Lipinski definition) is 1. The molecule has 1 rings (SSSR count). The maximum absolute atomic E-state index is 11.9. The molecule has 1 aliphatic rings. The maximum atomic E-state index is 11.9. The molecular formula is C12H23NO2. The lowest BCUT2D eigenvalue weighted by atomic mass is 9.74. The predicted octanol–water partition coefficient (Wildman–Crippen LogP) is 2.24. The third-order valence-corrected chi connectivity index (χ3v) is 3.47. The Hall–Kier alpha value is -0.570. The standard InChI is InChI=1S/C12H23NO2/c1-3-4-9-15-11(14)12(13)8-6-5-7-10(12)2/h10H,3-9,13H2,1-2H3. The summed E-state index contributed by atoms with van der Waals surface area (Å²) in [6.07, 6.45) is 6.02. The summed E-state index contributed by atoms with van der Waals surface area (Å²) >= 11 is 0. The molecule has 0 aromatic heterocycles. The fraction of sp³-hybridized carbons (Fsp3) is 0.917. The van der Waals surface area contributed by atoms with Crippen molar-refractivity contribution in [2.45, 2.75) is 57.9 Å². The third-order valence-electron chi connectivity index (χ3n) is 3.47. The fourth-order valence-corrected chi connectivity index (χ4v) is 2.12. The molecule has 3 nitrogen and oxygen atoms in total. The van der Waals surface area contributed by atoms with Crippen LogP contribution in [0, 0.1) is 5.92 Å². The molecule has 0 aliphatic heterocycles.